The van der Waals surface area contributed by atoms with Gasteiger partial charge in [-0.15, -0.1) is 0 Å². The lowest BCUT2D eigenvalue weighted by molar-refractivity contribution is -0.126. The van der Waals surface area contributed by atoms with Gasteiger partial charge in [-0.05, 0) is 142 Å². The zero-order valence-electron chi connectivity index (χ0n) is 34.5. The Kier molecular flexibility index (Phi) is 10.0. The molecule has 2 amide bonds. The number of imidazole rings is 1. The molecule has 1 spiro atoms. The Bertz CT molecular complexity index is 2150. The van der Waals surface area contributed by atoms with Gasteiger partial charge in [-0.25, -0.2) is 14.4 Å². The normalized spacial score (nSPS) is 21.6. The molecule has 0 atom stereocenters. The number of benzene rings is 2. The van der Waals surface area contributed by atoms with E-state index >= 15 is 4.39 Å². The van der Waals surface area contributed by atoms with Crippen LogP contribution in [0.1, 0.15) is 121 Å². The van der Waals surface area contributed by atoms with Crippen molar-refractivity contribution in [2.45, 2.75) is 135 Å². The maximum absolute atomic E-state index is 15.7. The van der Waals surface area contributed by atoms with Gasteiger partial charge >= 0.3 is 0 Å². The van der Waals surface area contributed by atoms with Crippen molar-refractivity contribution in [2.75, 3.05) is 36.4 Å². The second-order valence-corrected chi connectivity index (χ2v) is 18.4. The van der Waals surface area contributed by atoms with Gasteiger partial charge < -0.3 is 25.0 Å². The van der Waals surface area contributed by atoms with E-state index in [2.05, 4.69) is 78.2 Å². The molecule has 1 saturated carbocycles. The molecule has 3 aliphatic heterocycles. The van der Waals surface area contributed by atoms with Crippen molar-refractivity contribution in [1.29, 1.82) is 0 Å². The van der Waals surface area contributed by atoms with E-state index in [4.69, 9.17) is 9.97 Å². The van der Waals surface area contributed by atoms with Crippen molar-refractivity contribution in [2.24, 2.45) is 0 Å². The van der Waals surface area contributed by atoms with Crippen molar-refractivity contribution in [3.05, 3.63) is 65.2 Å². The Hall–Kier alpha value is -4.35. The molecule has 56 heavy (non-hydrogen) atoms. The molecule has 3 fully saturated rings. The fraction of sp³-hybridized carbons (Fsp3) is 0.556. The second-order valence-electron chi connectivity index (χ2n) is 18.4. The summed E-state index contributed by atoms with van der Waals surface area (Å²) in [4.78, 5) is 45.3. The second kappa shape index (κ2) is 14.5. The average Bonchev–Trinajstić information content (AvgIpc) is 3.66. The van der Waals surface area contributed by atoms with E-state index in [1.54, 1.807) is 19.3 Å². The molecule has 11 heteroatoms. The Balaban J connectivity index is 1.19. The van der Waals surface area contributed by atoms with E-state index in [9.17, 15) is 9.59 Å². The highest BCUT2D eigenvalue weighted by Crippen LogP contribution is 2.52. The minimum Gasteiger partial charge on any atom is -0.350 e. The summed E-state index contributed by atoms with van der Waals surface area (Å²) in [5.41, 5.74) is 5.80. The van der Waals surface area contributed by atoms with Crippen molar-refractivity contribution in [3.8, 4) is 11.3 Å². The first-order valence-electron chi connectivity index (χ1n) is 20.9. The number of amides is 2. The molecule has 2 saturated heterocycles. The highest BCUT2D eigenvalue weighted by atomic mass is 19.1. The summed E-state index contributed by atoms with van der Waals surface area (Å²) < 4.78 is 17.7. The van der Waals surface area contributed by atoms with Crippen LogP contribution >= 0.6 is 0 Å². The molecule has 0 unspecified atom stereocenters. The van der Waals surface area contributed by atoms with E-state index < -0.39 is 11.2 Å². The molecule has 2 N–H and O–H groups in total. The summed E-state index contributed by atoms with van der Waals surface area (Å²) in [7, 11) is 0. The fourth-order valence-corrected chi connectivity index (χ4v) is 9.67. The summed E-state index contributed by atoms with van der Waals surface area (Å²) >= 11 is 0. The van der Waals surface area contributed by atoms with Crippen molar-refractivity contribution < 1.29 is 14.0 Å². The summed E-state index contributed by atoms with van der Waals surface area (Å²) in [6.07, 6.45) is 9.25. The number of fused-ring (bicyclic) bond motifs is 3. The molecule has 10 nitrogen and oxygen atoms in total. The summed E-state index contributed by atoms with van der Waals surface area (Å²) in [6, 6.07) is 12.1. The molecule has 4 aliphatic rings. The number of pyridine rings is 1. The van der Waals surface area contributed by atoms with E-state index in [1.807, 2.05) is 24.5 Å². The minimum absolute atomic E-state index is 0.0491. The van der Waals surface area contributed by atoms with Crippen molar-refractivity contribution in [1.82, 2.24) is 29.7 Å². The number of carbonyl (C=O) groups is 2. The number of piperidine rings is 2. The molecular formula is C45H59FN8O2. The number of hydrogen-bond acceptors (Lipinski definition) is 7. The molecule has 298 valence electrons. The van der Waals surface area contributed by atoms with E-state index in [0.717, 1.165) is 79.7 Å². The third-order valence-corrected chi connectivity index (χ3v) is 13.0. The molecule has 4 aromatic rings. The number of hydrogen-bond donors (Lipinski definition) is 2. The van der Waals surface area contributed by atoms with Gasteiger partial charge in [0, 0.05) is 59.6 Å². The number of aryl methyl sites for hydroxylation is 1. The van der Waals surface area contributed by atoms with Crippen LogP contribution in [0.25, 0.3) is 22.3 Å². The summed E-state index contributed by atoms with van der Waals surface area (Å²) in [5, 5.41) is 6.22. The molecule has 8 rings (SSSR count). The van der Waals surface area contributed by atoms with Crippen LogP contribution in [0.15, 0.2) is 42.7 Å². The van der Waals surface area contributed by atoms with Crippen LogP contribution < -0.4 is 15.5 Å². The maximum Gasteiger partial charge on any atom is 0.251 e. The van der Waals surface area contributed by atoms with Crippen LogP contribution in [-0.4, -0.2) is 86.0 Å². The van der Waals surface area contributed by atoms with E-state index in [-0.39, 0.29) is 41.2 Å². The number of likely N-dealkylation sites (tertiary alicyclic amines) is 2. The van der Waals surface area contributed by atoms with Gasteiger partial charge in [0.1, 0.15) is 11.3 Å². The van der Waals surface area contributed by atoms with Crippen molar-refractivity contribution >= 4 is 40.0 Å². The quantitative estimate of drug-likeness (QED) is 0.186. The first-order chi connectivity index (χ1) is 26.6. The SMILES string of the molecule is Cc1cc(F)c(Nc2nc(-c3ccc4c(c3)N(C3CC(N5CCCCC5)C3)C(=O)C43CCN(C(C)(C)C)CC3)cc3ncn(C(C)C)c23)cc1C(=O)NC(C)C. The molecule has 1 aliphatic carbocycles. The standard InChI is InChI=1S/C45H59FN8O2/c1-27(2)48-42(55)33-24-37(35(46)20-29(33)5)50-41-40-38(47-26-53(40)28(3)4)25-36(49-41)30-12-13-34-39(21-30)54(32-22-31(23-32)51-16-10-9-11-17-51)43(56)45(34)14-18-52(19-15-45)44(6,7)8/h12-13,20-21,24-28,31-32H,9-11,14-19,22-23H2,1-8H3,(H,48,55)(H,49,50). The van der Waals surface area contributed by atoms with E-state index in [1.165, 1.54) is 25.3 Å². The minimum atomic E-state index is -0.533. The zero-order chi connectivity index (χ0) is 39.7. The van der Waals surface area contributed by atoms with Gasteiger partial charge in [-0.1, -0.05) is 18.6 Å². The topological polar surface area (TPSA) is 98.6 Å². The number of halogens is 1. The molecule has 2 aromatic heterocycles. The van der Waals surface area contributed by atoms with Gasteiger partial charge in [0.05, 0.1) is 28.6 Å². The van der Waals surface area contributed by atoms with Crippen LogP contribution in [0, 0.1) is 12.7 Å². The molecule has 0 radical (unpaired) electrons. The highest BCUT2D eigenvalue weighted by molar-refractivity contribution is 6.09. The lowest BCUT2D eigenvalue weighted by atomic mass is 9.72. The Morgan fingerprint density at radius 2 is 1.66 bits per heavy atom. The Morgan fingerprint density at radius 3 is 2.32 bits per heavy atom. The first-order valence-corrected chi connectivity index (χ1v) is 20.9. The monoisotopic (exact) mass is 762 g/mol. The summed E-state index contributed by atoms with van der Waals surface area (Å²) in [6.45, 7) is 20.6. The predicted octanol–water partition coefficient (Wildman–Crippen LogP) is 8.50. The fourth-order valence-electron chi connectivity index (χ4n) is 9.67. The lowest BCUT2D eigenvalue weighted by Gasteiger charge is -2.48. The van der Waals surface area contributed by atoms with Crippen LogP contribution in [0.3, 0.4) is 0 Å². The van der Waals surface area contributed by atoms with Gasteiger partial charge in [0.2, 0.25) is 5.91 Å². The highest BCUT2D eigenvalue weighted by Gasteiger charge is 2.56. The number of carbonyl (C=O) groups excluding carboxylic acids is 2. The zero-order valence-corrected chi connectivity index (χ0v) is 34.5. The van der Waals surface area contributed by atoms with Gasteiger partial charge in [-0.2, -0.15) is 0 Å². The van der Waals surface area contributed by atoms with Crippen molar-refractivity contribution in [3.63, 3.8) is 0 Å². The summed E-state index contributed by atoms with van der Waals surface area (Å²) in [5.74, 6) is -0.0248. The van der Waals surface area contributed by atoms with Crippen LogP contribution in [0.2, 0.25) is 0 Å². The smallest absolute Gasteiger partial charge is 0.251 e. The van der Waals surface area contributed by atoms with Crippen LogP contribution in [0.4, 0.5) is 21.6 Å². The van der Waals surface area contributed by atoms with Crippen LogP contribution in [-0.2, 0) is 10.2 Å². The van der Waals surface area contributed by atoms with Gasteiger partial charge in [-0.3, -0.25) is 14.5 Å². The first kappa shape index (κ1) is 38.5. The third-order valence-electron chi connectivity index (χ3n) is 13.0. The molecule has 0 bridgehead atoms. The van der Waals surface area contributed by atoms with Crippen LogP contribution in [0.5, 0.6) is 0 Å². The number of aromatic nitrogens is 3. The largest absolute Gasteiger partial charge is 0.350 e. The van der Waals surface area contributed by atoms with Gasteiger partial charge in [0.15, 0.2) is 5.82 Å². The average molecular weight is 763 g/mol. The number of nitrogens with zero attached hydrogens (tertiary/aromatic N) is 6. The Labute approximate surface area is 331 Å². The molecule has 5 heterocycles. The van der Waals surface area contributed by atoms with Gasteiger partial charge in [0.25, 0.3) is 5.91 Å². The predicted molar refractivity (Wildman–Crippen MR) is 222 cm³/mol. The molecule has 2 aromatic carbocycles. The van der Waals surface area contributed by atoms with E-state index in [0.29, 0.717) is 28.7 Å². The number of anilines is 3. The lowest BCUT2D eigenvalue weighted by Crippen LogP contribution is -2.59. The maximum atomic E-state index is 15.7. The number of rotatable bonds is 8. The number of nitrogens with one attached hydrogen (secondary N) is 2. The third kappa shape index (κ3) is 6.78. The molecular weight excluding hydrogens is 704 g/mol. The Morgan fingerprint density at radius 1 is 0.946 bits per heavy atom.